The number of aromatic nitrogens is 3. The number of nitrogens with zero attached hydrogens (tertiary/aromatic N) is 5. The molecule has 1 fully saturated rings. The van der Waals surface area contributed by atoms with Crippen molar-refractivity contribution in [2.75, 3.05) is 31.1 Å². The molecule has 1 atom stereocenters. The fraction of sp³-hybridized carbons (Fsp3) is 0.304. The summed E-state index contributed by atoms with van der Waals surface area (Å²) in [6, 6.07) is 12.9. The van der Waals surface area contributed by atoms with Crippen LogP contribution in [0.1, 0.15) is 29.2 Å². The Morgan fingerprint density at radius 2 is 1.75 bits per heavy atom. The second-order valence-electron chi connectivity index (χ2n) is 7.79. The van der Waals surface area contributed by atoms with Crippen LogP contribution in [0.15, 0.2) is 48.5 Å². The second-order valence-corrected chi connectivity index (χ2v) is 8.80. The highest BCUT2D eigenvalue weighted by molar-refractivity contribution is 7.17. The maximum atomic E-state index is 14.3. The molecule has 0 amide bonds. The quantitative estimate of drug-likeness (QED) is 0.488. The van der Waals surface area contributed by atoms with E-state index in [1.165, 1.54) is 34.1 Å². The SMILES string of the molecule is CCc1nc2sc(C(c3ccc(F)cc3)N3CCN(c4ccccc4F)CC3)c(O)n2n1. The summed E-state index contributed by atoms with van der Waals surface area (Å²) in [5.74, 6) is 0.195. The number of halogens is 2. The van der Waals surface area contributed by atoms with E-state index in [1.807, 2.05) is 17.9 Å². The van der Waals surface area contributed by atoms with Gasteiger partial charge in [-0.15, -0.1) is 5.10 Å². The van der Waals surface area contributed by atoms with Gasteiger partial charge in [0, 0.05) is 32.6 Å². The first-order valence-electron chi connectivity index (χ1n) is 10.6. The summed E-state index contributed by atoms with van der Waals surface area (Å²) in [6.07, 6.45) is 0.683. The third-order valence-electron chi connectivity index (χ3n) is 5.87. The van der Waals surface area contributed by atoms with Crippen molar-refractivity contribution in [1.29, 1.82) is 0 Å². The van der Waals surface area contributed by atoms with E-state index < -0.39 is 0 Å². The monoisotopic (exact) mass is 455 g/mol. The van der Waals surface area contributed by atoms with Crippen LogP contribution in [0.2, 0.25) is 0 Å². The van der Waals surface area contributed by atoms with Crippen LogP contribution in [-0.4, -0.2) is 50.8 Å². The summed E-state index contributed by atoms with van der Waals surface area (Å²) >= 11 is 1.39. The number of para-hydroxylation sites is 1. The molecule has 166 valence electrons. The maximum Gasteiger partial charge on any atom is 0.230 e. The lowest BCUT2D eigenvalue weighted by molar-refractivity contribution is 0.210. The number of aryl methyl sites for hydroxylation is 1. The van der Waals surface area contributed by atoms with E-state index in [4.69, 9.17) is 0 Å². The highest BCUT2D eigenvalue weighted by Crippen LogP contribution is 2.40. The molecule has 3 heterocycles. The van der Waals surface area contributed by atoms with Crippen molar-refractivity contribution in [3.05, 3.63) is 76.4 Å². The van der Waals surface area contributed by atoms with E-state index in [9.17, 15) is 13.9 Å². The Morgan fingerprint density at radius 1 is 1.03 bits per heavy atom. The van der Waals surface area contributed by atoms with Crippen molar-refractivity contribution in [2.45, 2.75) is 19.4 Å². The summed E-state index contributed by atoms with van der Waals surface area (Å²) in [6.45, 7) is 4.56. The van der Waals surface area contributed by atoms with Gasteiger partial charge >= 0.3 is 0 Å². The Morgan fingerprint density at radius 3 is 2.41 bits per heavy atom. The standard InChI is InChI=1S/C23H23F2N5OS/c1-2-19-26-23-30(27-19)22(31)21(32-23)20(15-7-9-16(24)10-8-15)29-13-11-28(12-14-29)18-6-4-3-5-17(18)25/h3-10,20,31H,2,11-14H2,1H3. The first-order chi connectivity index (χ1) is 15.5. The van der Waals surface area contributed by atoms with Gasteiger partial charge in [0.2, 0.25) is 10.8 Å². The first-order valence-corrected chi connectivity index (χ1v) is 11.4. The molecule has 1 N–H and O–H groups in total. The minimum absolute atomic E-state index is 0.0584. The summed E-state index contributed by atoms with van der Waals surface area (Å²) in [5.41, 5.74) is 1.47. The number of rotatable bonds is 5. The van der Waals surface area contributed by atoms with E-state index in [0.717, 1.165) is 5.56 Å². The molecule has 1 aliphatic rings. The van der Waals surface area contributed by atoms with Crippen LogP contribution < -0.4 is 4.90 Å². The van der Waals surface area contributed by atoms with E-state index in [-0.39, 0.29) is 23.6 Å². The number of thiazole rings is 1. The fourth-order valence-corrected chi connectivity index (χ4v) is 5.36. The van der Waals surface area contributed by atoms with Crippen molar-refractivity contribution in [1.82, 2.24) is 19.5 Å². The minimum Gasteiger partial charge on any atom is -0.492 e. The number of fused-ring (bicyclic) bond motifs is 1. The molecule has 1 unspecified atom stereocenters. The smallest absolute Gasteiger partial charge is 0.230 e. The Labute approximate surface area is 188 Å². The normalized spacial score (nSPS) is 16.0. The molecule has 32 heavy (non-hydrogen) atoms. The average molecular weight is 456 g/mol. The van der Waals surface area contributed by atoms with Gasteiger partial charge in [-0.2, -0.15) is 4.52 Å². The van der Waals surface area contributed by atoms with Crippen LogP contribution >= 0.6 is 11.3 Å². The number of piperazine rings is 1. The van der Waals surface area contributed by atoms with Gasteiger partial charge in [-0.05, 0) is 29.8 Å². The summed E-state index contributed by atoms with van der Waals surface area (Å²) < 4.78 is 29.4. The molecule has 4 aromatic rings. The summed E-state index contributed by atoms with van der Waals surface area (Å²) in [4.78, 5) is 10.1. The van der Waals surface area contributed by atoms with Crippen LogP contribution in [-0.2, 0) is 6.42 Å². The molecule has 2 aromatic carbocycles. The lowest BCUT2D eigenvalue weighted by Crippen LogP contribution is -2.48. The molecule has 0 saturated carbocycles. The number of hydrogen-bond acceptors (Lipinski definition) is 6. The van der Waals surface area contributed by atoms with Crippen LogP contribution in [0, 0.1) is 11.6 Å². The first kappa shape index (κ1) is 20.8. The van der Waals surface area contributed by atoms with Crippen LogP contribution in [0.25, 0.3) is 4.96 Å². The fourth-order valence-electron chi connectivity index (χ4n) is 4.22. The van der Waals surface area contributed by atoms with Gasteiger partial charge in [0.1, 0.15) is 11.6 Å². The Hall–Kier alpha value is -3.04. The summed E-state index contributed by atoms with van der Waals surface area (Å²) in [7, 11) is 0. The summed E-state index contributed by atoms with van der Waals surface area (Å²) in [5, 5.41) is 15.4. The lowest BCUT2D eigenvalue weighted by Gasteiger charge is -2.40. The molecule has 9 heteroatoms. The molecule has 0 aliphatic carbocycles. The number of aromatic hydroxyl groups is 1. The largest absolute Gasteiger partial charge is 0.492 e. The van der Waals surface area contributed by atoms with E-state index in [0.29, 0.717) is 53.9 Å². The topological polar surface area (TPSA) is 56.9 Å². The number of anilines is 1. The molecule has 0 radical (unpaired) electrons. The minimum atomic E-state index is -0.309. The Bertz CT molecular complexity index is 1230. The van der Waals surface area contributed by atoms with E-state index in [2.05, 4.69) is 15.0 Å². The van der Waals surface area contributed by atoms with Gasteiger partial charge in [0.25, 0.3) is 0 Å². The predicted octanol–water partition coefficient (Wildman–Crippen LogP) is 4.25. The molecular formula is C23H23F2N5OS. The number of benzene rings is 2. The van der Waals surface area contributed by atoms with Gasteiger partial charge in [-0.25, -0.2) is 13.8 Å². The average Bonchev–Trinajstić information content (AvgIpc) is 3.35. The second kappa shape index (κ2) is 8.48. The van der Waals surface area contributed by atoms with Gasteiger partial charge in [0.15, 0.2) is 5.82 Å². The number of hydrogen-bond donors (Lipinski definition) is 1. The molecular weight excluding hydrogens is 432 g/mol. The molecule has 0 bridgehead atoms. The van der Waals surface area contributed by atoms with Crippen LogP contribution in [0.3, 0.4) is 0 Å². The van der Waals surface area contributed by atoms with Crippen molar-refractivity contribution < 1.29 is 13.9 Å². The molecule has 0 spiro atoms. The zero-order chi connectivity index (χ0) is 22.2. The molecule has 5 rings (SSSR count). The zero-order valence-corrected chi connectivity index (χ0v) is 18.4. The molecule has 6 nitrogen and oxygen atoms in total. The lowest BCUT2D eigenvalue weighted by atomic mass is 10.0. The Kier molecular flexibility index (Phi) is 5.52. The van der Waals surface area contributed by atoms with E-state index >= 15 is 0 Å². The maximum absolute atomic E-state index is 14.3. The van der Waals surface area contributed by atoms with Crippen LogP contribution in [0.4, 0.5) is 14.5 Å². The van der Waals surface area contributed by atoms with Crippen molar-refractivity contribution in [3.63, 3.8) is 0 Å². The van der Waals surface area contributed by atoms with Gasteiger partial charge < -0.3 is 10.0 Å². The molecule has 1 saturated heterocycles. The van der Waals surface area contributed by atoms with E-state index in [1.54, 1.807) is 24.3 Å². The third kappa shape index (κ3) is 3.71. The molecule has 1 aliphatic heterocycles. The highest BCUT2D eigenvalue weighted by Gasteiger charge is 2.32. The third-order valence-corrected chi connectivity index (χ3v) is 6.94. The Balaban J connectivity index is 1.48. The van der Waals surface area contributed by atoms with Crippen molar-refractivity contribution >= 4 is 22.0 Å². The van der Waals surface area contributed by atoms with Gasteiger partial charge in [-0.3, -0.25) is 4.90 Å². The zero-order valence-electron chi connectivity index (χ0n) is 17.6. The molecule has 2 aromatic heterocycles. The van der Waals surface area contributed by atoms with Crippen molar-refractivity contribution in [3.8, 4) is 5.88 Å². The van der Waals surface area contributed by atoms with Crippen LogP contribution in [0.5, 0.6) is 5.88 Å². The predicted molar refractivity (Wildman–Crippen MR) is 120 cm³/mol. The highest BCUT2D eigenvalue weighted by atomic mass is 32.1. The van der Waals surface area contributed by atoms with Gasteiger partial charge in [0.05, 0.1) is 16.6 Å². The van der Waals surface area contributed by atoms with Crippen molar-refractivity contribution in [2.24, 2.45) is 0 Å². The van der Waals surface area contributed by atoms with Gasteiger partial charge in [-0.1, -0.05) is 42.5 Å².